The van der Waals surface area contributed by atoms with E-state index in [4.69, 9.17) is 11.6 Å². The predicted molar refractivity (Wildman–Crippen MR) is 126 cm³/mol. The summed E-state index contributed by atoms with van der Waals surface area (Å²) in [4.78, 5) is 20.3. The van der Waals surface area contributed by atoms with Crippen molar-refractivity contribution in [2.45, 2.75) is 53.9 Å². The zero-order chi connectivity index (χ0) is 21.8. The van der Waals surface area contributed by atoms with Gasteiger partial charge in [0.25, 0.3) is 0 Å². The van der Waals surface area contributed by atoms with Crippen LogP contribution in [-0.2, 0) is 10.3 Å². The Morgan fingerprint density at radius 3 is 2.47 bits per heavy atom. The van der Waals surface area contributed by atoms with Crippen molar-refractivity contribution in [2.24, 2.45) is 17.3 Å². The minimum absolute atomic E-state index is 0.139. The molecule has 1 aromatic heterocycles. The summed E-state index contributed by atoms with van der Waals surface area (Å²) in [5.74, 6) is 1.26. The fourth-order valence-electron chi connectivity index (χ4n) is 6.75. The first-order valence-corrected chi connectivity index (χ1v) is 12.4. The Morgan fingerprint density at radius 1 is 1.03 bits per heavy atom. The van der Waals surface area contributed by atoms with Crippen LogP contribution in [0.2, 0.25) is 5.28 Å². The van der Waals surface area contributed by atoms with Gasteiger partial charge in [0.2, 0.25) is 11.2 Å². The summed E-state index contributed by atoms with van der Waals surface area (Å²) in [6.45, 7) is 0. The topological polar surface area (TPSA) is 59.8 Å². The molecule has 0 spiro atoms. The van der Waals surface area contributed by atoms with Gasteiger partial charge in [-0.25, -0.2) is 9.67 Å². The fourth-order valence-corrected chi connectivity index (χ4v) is 7.80. The summed E-state index contributed by atoms with van der Waals surface area (Å²) in [5, 5.41) is 8.09. The van der Waals surface area contributed by atoms with Crippen molar-refractivity contribution in [3.8, 4) is 0 Å². The van der Waals surface area contributed by atoms with Gasteiger partial charge in [0.1, 0.15) is 6.33 Å². The molecule has 1 amide bonds. The van der Waals surface area contributed by atoms with Crippen molar-refractivity contribution in [2.75, 3.05) is 5.32 Å². The molecule has 0 aliphatic heterocycles. The SMILES string of the molecule is O=C(Nc1ccccc1Sc1ccccc1)C12C[C@H]3C[C@H](C1)CC(n1cnc(Cl)n1)(C3)C2. The number of carbonyl (C=O) groups is 1. The monoisotopic (exact) mass is 464 g/mol. The summed E-state index contributed by atoms with van der Waals surface area (Å²) in [5.41, 5.74) is 0.396. The van der Waals surface area contributed by atoms with Gasteiger partial charge in [-0.2, -0.15) is 0 Å². The maximum Gasteiger partial charge on any atom is 0.242 e. The van der Waals surface area contributed by atoms with Crippen molar-refractivity contribution in [3.63, 3.8) is 0 Å². The largest absolute Gasteiger partial charge is 0.325 e. The van der Waals surface area contributed by atoms with Gasteiger partial charge < -0.3 is 5.32 Å². The van der Waals surface area contributed by atoms with Crippen LogP contribution in [-0.4, -0.2) is 20.7 Å². The molecule has 0 unspecified atom stereocenters. The lowest BCUT2D eigenvalue weighted by Gasteiger charge is -2.60. The van der Waals surface area contributed by atoms with E-state index < -0.39 is 0 Å². The zero-order valence-corrected chi connectivity index (χ0v) is 19.3. The van der Waals surface area contributed by atoms with Crippen LogP contribution in [0.3, 0.4) is 0 Å². The minimum Gasteiger partial charge on any atom is -0.325 e. The third-order valence-electron chi connectivity index (χ3n) is 7.57. The molecule has 4 aliphatic carbocycles. The number of aromatic nitrogens is 3. The van der Waals surface area contributed by atoms with Crippen LogP contribution in [0.4, 0.5) is 5.69 Å². The molecule has 7 rings (SSSR count). The van der Waals surface area contributed by atoms with Crippen molar-refractivity contribution in [1.29, 1.82) is 0 Å². The molecule has 4 saturated carbocycles. The number of rotatable bonds is 5. The lowest BCUT2D eigenvalue weighted by atomic mass is 9.46. The molecule has 32 heavy (non-hydrogen) atoms. The highest BCUT2D eigenvalue weighted by Gasteiger charge is 2.61. The van der Waals surface area contributed by atoms with E-state index in [-0.39, 0.29) is 22.1 Å². The van der Waals surface area contributed by atoms with Gasteiger partial charge in [-0.05, 0) is 86.2 Å². The third-order valence-corrected chi connectivity index (χ3v) is 8.83. The van der Waals surface area contributed by atoms with E-state index >= 15 is 0 Å². The number of hydrogen-bond acceptors (Lipinski definition) is 4. The molecular weight excluding hydrogens is 440 g/mol. The summed E-state index contributed by atoms with van der Waals surface area (Å²) in [6, 6.07) is 18.4. The van der Waals surface area contributed by atoms with Gasteiger partial charge in [-0.1, -0.05) is 42.1 Å². The smallest absolute Gasteiger partial charge is 0.242 e. The van der Waals surface area contributed by atoms with Crippen LogP contribution in [0.25, 0.3) is 0 Å². The zero-order valence-electron chi connectivity index (χ0n) is 17.7. The minimum atomic E-state index is -0.354. The van der Waals surface area contributed by atoms with Gasteiger partial charge in [-0.3, -0.25) is 4.79 Å². The summed E-state index contributed by atoms with van der Waals surface area (Å²) < 4.78 is 1.97. The second-order valence-corrected chi connectivity index (χ2v) is 11.2. The maximum atomic E-state index is 13.9. The average molecular weight is 465 g/mol. The Balaban J connectivity index is 1.29. The van der Waals surface area contributed by atoms with E-state index in [1.807, 2.05) is 41.1 Å². The summed E-state index contributed by atoms with van der Waals surface area (Å²) in [7, 11) is 0. The van der Waals surface area contributed by atoms with Crippen LogP contribution in [0.5, 0.6) is 0 Å². The molecule has 0 radical (unpaired) electrons. The van der Waals surface area contributed by atoms with E-state index in [1.54, 1.807) is 18.1 Å². The Hall–Kier alpha value is -2.31. The third kappa shape index (κ3) is 3.44. The van der Waals surface area contributed by atoms with Crippen LogP contribution in [0.15, 0.2) is 70.7 Å². The number of benzene rings is 2. The lowest BCUT2D eigenvalue weighted by molar-refractivity contribution is -0.150. The van der Waals surface area contributed by atoms with E-state index in [2.05, 4.69) is 33.6 Å². The van der Waals surface area contributed by atoms with Gasteiger partial charge in [0.15, 0.2) is 0 Å². The average Bonchev–Trinajstić information content (AvgIpc) is 3.22. The molecular formula is C25H25ClN4OS. The van der Waals surface area contributed by atoms with Crippen molar-refractivity contribution >= 4 is 35.0 Å². The first-order chi connectivity index (χ1) is 15.5. The highest BCUT2D eigenvalue weighted by atomic mass is 35.5. The number of para-hydroxylation sites is 1. The summed E-state index contributed by atoms with van der Waals surface area (Å²) >= 11 is 7.74. The quantitative estimate of drug-likeness (QED) is 0.501. The number of nitrogens with zero attached hydrogens (tertiary/aromatic N) is 3. The van der Waals surface area contributed by atoms with Crippen LogP contribution in [0, 0.1) is 17.3 Å². The highest BCUT2D eigenvalue weighted by Crippen LogP contribution is 2.64. The normalized spacial score (nSPS) is 30.4. The maximum absolute atomic E-state index is 13.9. The Labute approximate surface area is 197 Å². The second-order valence-electron chi connectivity index (χ2n) is 9.79. The standard InChI is InChI=1S/C25H25ClN4OS/c26-23-27-16-30(29-23)25-13-17-10-18(14-25)12-24(11-17,15-25)22(31)28-20-8-4-5-9-21(20)32-19-6-2-1-3-7-19/h1-9,16-18H,10-15H2,(H,28,31)/t17-,18-,24?,25?/m1/s1. The molecule has 4 bridgehead atoms. The van der Waals surface area contributed by atoms with Gasteiger partial charge in [-0.15, -0.1) is 5.10 Å². The van der Waals surface area contributed by atoms with Crippen LogP contribution >= 0.6 is 23.4 Å². The number of carbonyl (C=O) groups excluding carboxylic acids is 1. The van der Waals surface area contributed by atoms with Crippen LogP contribution in [0.1, 0.15) is 38.5 Å². The fraction of sp³-hybridized carbons (Fsp3) is 0.400. The van der Waals surface area contributed by atoms with Crippen LogP contribution < -0.4 is 5.32 Å². The molecule has 5 nitrogen and oxygen atoms in total. The number of hydrogen-bond donors (Lipinski definition) is 1. The van der Waals surface area contributed by atoms with E-state index in [1.165, 1.54) is 6.42 Å². The predicted octanol–water partition coefficient (Wildman–Crippen LogP) is 6.02. The van der Waals surface area contributed by atoms with Gasteiger partial charge >= 0.3 is 0 Å². The van der Waals surface area contributed by atoms with E-state index in [9.17, 15) is 4.79 Å². The molecule has 4 fully saturated rings. The Bertz CT molecular complexity index is 1150. The van der Waals surface area contributed by atoms with Crippen molar-refractivity contribution < 1.29 is 4.79 Å². The van der Waals surface area contributed by atoms with Crippen molar-refractivity contribution in [3.05, 3.63) is 66.2 Å². The molecule has 1 N–H and O–H groups in total. The number of anilines is 1. The van der Waals surface area contributed by atoms with Crippen molar-refractivity contribution in [1.82, 2.24) is 14.8 Å². The molecule has 4 aliphatic rings. The molecule has 0 saturated heterocycles. The molecule has 1 heterocycles. The Morgan fingerprint density at radius 2 is 1.75 bits per heavy atom. The number of nitrogens with one attached hydrogen (secondary N) is 1. The first-order valence-electron chi connectivity index (χ1n) is 11.2. The highest BCUT2D eigenvalue weighted by molar-refractivity contribution is 7.99. The van der Waals surface area contributed by atoms with E-state index in [0.29, 0.717) is 11.8 Å². The Kier molecular flexibility index (Phi) is 4.84. The molecule has 2 aromatic carbocycles. The van der Waals surface area contributed by atoms with Gasteiger partial charge in [0.05, 0.1) is 16.6 Å². The lowest BCUT2D eigenvalue weighted by Crippen LogP contribution is -2.60. The number of amides is 1. The number of halogens is 1. The van der Waals surface area contributed by atoms with E-state index in [0.717, 1.165) is 47.6 Å². The second kappa shape index (κ2) is 7.63. The molecule has 164 valence electrons. The summed E-state index contributed by atoms with van der Waals surface area (Å²) in [6.07, 6.45) is 7.86. The van der Waals surface area contributed by atoms with Gasteiger partial charge in [0, 0.05) is 9.79 Å². The first kappa shape index (κ1) is 20.3. The molecule has 7 heteroatoms. The molecule has 3 aromatic rings. The molecule has 2 atom stereocenters.